The van der Waals surface area contributed by atoms with Gasteiger partial charge in [-0.1, -0.05) is 0 Å². The van der Waals surface area contributed by atoms with Crippen LogP contribution in [0.4, 0.5) is 4.79 Å². The lowest BCUT2D eigenvalue weighted by Crippen LogP contribution is -2.40. The van der Waals surface area contributed by atoms with Crippen molar-refractivity contribution in [3.05, 3.63) is 0 Å². The molecule has 0 radical (unpaired) electrons. The molecule has 0 unspecified atom stereocenters. The normalized spacial score (nSPS) is 13.0. The number of ether oxygens (including phenoxy) is 3. The maximum absolute atomic E-state index is 11.8. The maximum atomic E-state index is 11.8. The third-order valence-corrected chi connectivity index (χ3v) is 2.48. The summed E-state index contributed by atoms with van der Waals surface area (Å²) in [5.41, 5.74) is -1.22. The summed E-state index contributed by atoms with van der Waals surface area (Å²) in [5, 5.41) is 2.59. The number of carbonyl (C=O) groups is 3. The molecule has 0 aliphatic carbocycles. The molecule has 0 aromatic heterocycles. The highest BCUT2D eigenvalue weighted by Gasteiger charge is 2.23. The van der Waals surface area contributed by atoms with E-state index in [0.717, 1.165) is 0 Å². The Balaban J connectivity index is 4.60. The number of amides is 1. The van der Waals surface area contributed by atoms with E-state index in [-0.39, 0.29) is 19.3 Å². The van der Waals surface area contributed by atoms with Gasteiger partial charge in [-0.25, -0.2) is 4.79 Å². The van der Waals surface area contributed by atoms with E-state index in [1.807, 2.05) is 0 Å². The van der Waals surface area contributed by atoms with Crippen LogP contribution in [0.1, 0.15) is 60.8 Å². The Morgan fingerprint density at radius 2 is 1.43 bits per heavy atom. The Hall–Kier alpha value is -1.79. The molecule has 0 bridgehead atoms. The van der Waals surface area contributed by atoms with Gasteiger partial charge in [0.15, 0.2) is 0 Å². The molecule has 0 saturated heterocycles. The molecule has 0 saturated carbocycles. The van der Waals surface area contributed by atoms with Crippen molar-refractivity contribution in [1.82, 2.24) is 5.32 Å². The number of esters is 2. The monoisotopic (exact) mass is 331 g/mol. The minimum absolute atomic E-state index is 0.0431. The van der Waals surface area contributed by atoms with Gasteiger partial charge < -0.3 is 19.5 Å². The average Bonchev–Trinajstić information content (AvgIpc) is 2.31. The van der Waals surface area contributed by atoms with Crippen molar-refractivity contribution in [2.24, 2.45) is 0 Å². The first-order chi connectivity index (χ1) is 10.3. The molecule has 0 spiro atoms. The van der Waals surface area contributed by atoms with Gasteiger partial charge in [0, 0.05) is 12.5 Å². The molecule has 0 aliphatic rings. The zero-order chi connectivity index (χ0) is 18.3. The Labute approximate surface area is 138 Å². The molecule has 0 rings (SSSR count). The van der Waals surface area contributed by atoms with Gasteiger partial charge in [-0.15, -0.1) is 0 Å². The van der Waals surface area contributed by atoms with E-state index in [0.29, 0.717) is 0 Å². The van der Waals surface area contributed by atoms with Crippen LogP contribution in [0.5, 0.6) is 0 Å². The standard InChI is InChI=1S/C16H29NO6/c1-15(2,3)22-12(18)9-8-11(10-13(19)21-7)17-14(20)23-16(4,5)6/h11H,8-10H2,1-7H3,(H,17,20)/t11-/m0/s1. The molecule has 1 atom stereocenters. The topological polar surface area (TPSA) is 90.9 Å². The lowest BCUT2D eigenvalue weighted by atomic mass is 10.1. The van der Waals surface area contributed by atoms with Crippen molar-refractivity contribution in [3.8, 4) is 0 Å². The smallest absolute Gasteiger partial charge is 0.407 e. The van der Waals surface area contributed by atoms with E-state index in [1.165, 1.54) is 7.11 Å². The Bertz CT molecular complexity index is 419. The van der Waals surface area contributed by atoms with E-state index in [9.17, 15) is 14.4 Å². The second kappa shape index (κ2) is 8.74. The number of hydrogen-bond acceptors (Lipinski definition) is 6. The van der Waals surface area contributed by atoms with E-state index in [2.05, 4.69) is 10.1 Å². The second-order valence-corrected chi connectivity index (χ2v) is 7.25. The van der Waals surface area contributed by atoms with Gasteiger partial charge in [-0.3, -0.25) is 9.59 Å². The number of alkyl carbamates (subject to hydrolysis) is 1. The molecule has 0 heterocycles. The third-order valence-electron chi connectivity index (χ3n) is 2.48. The van der Waals surface area contributed by atoms with Crippen molar-refractivity contribution in [2.75, 3.05) is 7.11 Å². The molecule has 1 amide bonds. The molecule has 0 fully saturated rings. The van der Waals surface area contributed by atoms with Crippen LogP contribution in [0.2, 0.25) is 0 Å². The minimum Gasteiger partial charge on any atom is -0.469 e. The molecular weight excluding hydrogens is 302 g/mol. The van der Waals surface area contributed by atoms with Crippen molar-refractivity contribution >= 4 is 18.0 Å². The first kappa shape index (κ1) is 21.2. The summed E-state index contributed by atoms with van der Waals surface area (Å²) in [6.07, 6.45) is -0.355. The van der Waals surface area contributed by atoms with Crippen molar-refractivity contribution in [2.45, 2.75) is 78.0 Å². The number of carbonyl (C=O) groups excluding carboxylic acids is 3. The predicted molar refractivity (Wildman–Crippen MR) is 84.9 cm³/mol. The summed E-state index contributed by atoms with van der Waals surface area (Å²) in [6, 6.07) is -0.565. The minimum atomic E-state index is -0.648. The SMILES string of the molecule is COC(=O)C[C@H](CCC(=O)OC(C)(C)C)NC(=O)OC(C)(C)C. The van der Waals surface area contributed by atoms with E-state index >= 15 is 0 Å². The zero-order valence-corrected chi connectivity index (χ0v) is 15.1. The summed E-state index contributed by atoms with van der Waals surface area (Å²) in [4.78, 5) is 35.0. The number of hydrogen-bond donors (Lipinski definition) is 1. The zero-order valence-electron chi connectivity index (χ0n) is 15.1. The van der Waals surface area contributed by atoms with Crippen LogP contribution in [0.25, 0.3) is 0 Å². The Morgan fingerprint density at radius 3 is 1.87 bits per heavy atom. The highest BCUT2D eigenvalue weighted by atomic mass is 16.6. The largest absolute Gasteiger partial charge is 0.469 e. The quantitative estimate of drug-likeness (QED) is 0.594. The average molecular weight is 331 g/mol. The fourth-order valence-corrected chi connectivity index (χ4v) is 1.67. The summed E-state index contributed by atoms with van der Waals surface area (Å²) >= 11 is 0. The summed E-state index contributed by atoms with van der Waals surface area (Å²) in [5.74, 6) is -0.867. The van der Waals surface area contributed by atoms with Crippen LogP contribution in [-0.4, -0.2) is 42.4 Å². The van der Waals surface area contributed by atoms with Gasteiger partial charge in [0.1, 0.15) is 11.2 Å². The highest BCUT2D eigenvalue weighted by Crippen LogP contribution is 2.12. The highest BCUT2D eigenvalue weighted by molar-refractivity contribution is 5.73. The molecule has 7 nitrogen and oxygen atoms in total. The van der Waals surface area contributed by atoms with Crippen molar-refractivity contribution in [1.29, 1.82) is 0 Å². The van der Waals surface area contributed by atoms with Crippen molar-refractivity contribution in [3.63, 3.8) is 0 Å². The number of nitrogens with one attached hydrogen (secondary N) is 1. The fraction of sp³-hybridized carbons (Fsp3) is 0.812. The van der Waals surface area contributed by atoms with Crippen LogP contribution in [0.15, 0.2) is 0 Å². The molecule has 1 N–H and O–H groups in total. The van der Waals surface area contributed by atoms with Crippen LogP contribution in [-0.2, 0) is 23.8 Å². The maximum Gasteiger partial charge on any atom is 0.407 e. The Morgan fingerprint density at radius 1 is 0.913 bits per heavy atom. The molecule has 7 heteroatoms. The molecule has 23 heavy (non-hydrogen) atoms. The van der Waals surface area contributed by atoms with Gasteiger partial charge in [0.2, 0.25) is 0 Å². The fourth-order valence-electron chi connectivity index (χ4n) is 1.67. The van der Waals surface area contributed by atoms with Crippen molar-refractivity contribution < 1.29 is 28.6 Å². The summed E-state index contributed by atoms with van der Waals surface area (Å²) < 4.78 is 15.0. The van der Waals surface area contributed by atoms with Crippen LogP contribution in [0, 0.1) is 0 Å². The van der Waals surface area contributed by atoms with Gasteiger partial charge in [-0.2, -0.15) is 0 Å². The van der Waals surface area contributed by atoms with Gasteiger partial charge in [0.05, 0.1) is 13.5 Å². The lowest BCUT2D eigenvalue weighted by Gasteiger charge is -2.24. The van der Waals surface area contributed by atoms with E-state index in [4.69, 9.17) is 9.47 Å². The first-order valence-corrected chi connectivity index (χ1v) is 7.60. The molecule has 0 aromatic carbocycles. The summed E-state index contributed by atoms with van der Waals surface area (Å²) in [7, 11) is 1.26. The first-order valence-electron chi connectivity index (χ1n) is 7.60. The van der Waals surface area contributed by atoms with Crippen LogP contribution in [0.3, 0.4) is 0 Å². The molecule has 134 valence electrons. The van der Waals surface area contributed by atoms with Gasteiger partial charge in [0.25, 0.3) is 0 Å². The third kappa shape index (κ3) is 12.4. The summed E-state index contributed by atoms with van der Waals surface area (Å²) in [6.45, 7) is 10.5. The molecule has 0 aliphatic heterocycles. The van der Waals surface area contributed by atoms with E-state index in [1.54, 1.807) is 41.5 Å². The van der Waals surface area contributed by atoms with Crippen LogP contribution < -0.4 is 5.32 Å². The van der Waals surface area contributed by atoms with E-state index < -0.39 is 35.3 Å². The second-order valence-electron chi connectivity index (χ2n) is 7.25. The van der Waals surface area contributed by atoms with Gasteiger partial charge >= 0.3 is 18.0 Å². The molecule has 0 aromatic rings. The number of methoxy groups -OCH3 is 1. The van der Waals surface area contributed by atoms with Crippen LogP contribution >= 0.6 is 0 Å². The Kier molecular flexibility index (Phi) is 8.06. The van der Waals surface area contributed by atoms with Gasteiger partial charge in [-0.05, 0) is 48.0 Å². The molecular formula is C16H29NO6. The predicted octanol–water partition coefficient (Wildman–Crippen LogP) is 2.56. The number of rotatable bonds is 6. The lowest BCUT2D eigenvalue weighted by molar-refractivity contribution is -0.155.